The highest BCUT2D eigenvalue weighted by molar-refractivity contribution is 5.77. The first-order valence-electron chi connectivity index (χ1n) is 6.46. The zero-order valence-corrected chi connectivity index (χ0v) is 11.6. The van der Waals surface area contributed by atoms with Gasteiger partial charge in [-0.25, -0.2) is 4.39 Å². The van der Waals surface area contributed by atoms with Gasteiger partial charge in [-0.2, -0.15) is 0 Å². The Bertz CT molecular complexity index is 350. The number of likely N-dealkylation sites (N-methyl/N-ethyl adjacent to an activating group) is 1. The maximum absolute atomic E-state index is 13.5. The summed E-state index contributed by atoms with van der Waals surface area (Å²) in [6.45, 7) is 7.37. The summed E-state index contributed by atoms with van der Waals surface area (Å²) in [5.74, 6) is -0.340. The Morgan fingerprint density at radius 2 is 1.94 bits per heavy atom. The third kappa shape index (κ3) is 5.45. The zero-order valence-electron chi connectivity index (χ0n) is 11.6. The molecule has 0 amide bonds. The molecule has 0 radical (unpaired) electrons. The van der Waals surface area contributed by atoms with Gasteiger partial charge in [-0.1, -0.05) is 0 Å². The summed E-state index contributed by atoms with van der Waals surface area (Å²) < 4.78 is 13.5. The Labute approximate surface area is 109 Å². The van der Waals surface area contributed by atoms with Gasteiger partial charge in [0.2, 0.25) is 0 Å². The van der Waals surface area contributed by atoms with Crippen molar-refractivity contribution in [1.82, 2.24) is 9.80 Å². The maximum atomic E-state index is 13.5. The normalized spacial score (nSPS) is 19.9. The van der Waals surface area contributed by atoms with Crippen LogP contribution >= 0.6 is 0 Å². The van der Waals surface area contributed by atoms with Crippen molar-refractivity contribution in [2.45, 2.75) is 26.7 Å². The number of carbonyl (C=O) groups excluding carboxylic acids is 1. The van der Waals surface area contributed by atoms with Crippen molar-refractivity contribution in [3.05, 3.63) is 23.7 Å². The Hall–Kier alpha value is -1.16. The summed E-state index contributed by atoms with van der Waals surface area (Å²) >= 11 is 0. The van der Waals surface area contributed by atoms with Crippen LogP contribution in [-0.4, -0.2) is 48.8 Å². The van der Waals surface area contributed by atoms with Gasteiger partial charge < -0.3 is 9.80 Å². The van der Waals surface area contributed by atoms with Crippen LogP contribution in [0.25, 0.3) is 0 Å². The fourth-order valence-corrected chi connectivity index (χ4v) is 1.99. The molecule has 0 aliphatic carbocycles. The fourth-order valence-electron chi connectivity index (χ4n) is 1.99. The summed E-state index contributed by atoms with van der Waals surface area (Å²) in [7, 11) is 2.11. The highest BCUT2D eigenvalue weighted by Gasteiger charge is 2.12. The van der Waals surface area contributed by atoms with E-state index in [1.165, 1.54) is 19.1 Å². The molecular weight excluding hydrogens is 231 g/mol. The van der Waals surface area contributed by atoms with Crippen LogP contribution in [0.1, 0.15) is 26.7 Å². The first kappa shape index (κ1) is 14.9. The lowest BCUT2D eigenvalue weighted by Crippen LogP contribution is -2.27. The fraction of sp³-hybridized carbons (Fsp3) is 0.643. The molecule has 0 unspecified atom stereocenters. The number of Topliss-reactive ketones (excluding diaryl/α,β-unsaturated/α-hetero) is 1. The predicted molar refractivity (Wildman–Crippen MR) is 71.9 cm³/mol. The Kier molecular flexibility index (Phi) is 6.05. The standard InChI is InChI=1S/C14H23FN2O/c1-12(11-14(15)6-5-13(2)18)17-8-4-7-16(3)9-10-17/h6,11H,4-5,7-10H2,1-3H3/b12-11+,14-6+. The number of ketones is 1. The second-order valence-electron chi connectivity index (χ2n) is 4.92. The zero-order chi connectivity index (χ0) is 13.5. The van der Waals surface area contributed by atoms with Crippen molar-refractivity contribution in [3.63, 3.8) is 0 Å². The molecule has 1 rings (SSSR count). The van der Waals surface area contributed by atoms with E-state index in [2.05, 4.69) is 16.8 Å². The quantitative estimate of drug-likeness (QED) is 0.720. The largest absolute Gasteiger partial charge is 0.374 e. The molecule has 4 heteroatoms. The van der Waals surface area contributed by atoms with Crippen molar-refractivity contribution in [3.8, 4) is 0 Å². The van der Waals surface area contributed by atoms with E-state index >= 15 is 0 Å². The molecule has 1 fully saturated rings. The second-order valence-corrected chi connectivity index (χ2v) is 4.92. The van der Waals surface area contributed by atoms with Crippen LogP contribution in [0, 0.1) is 0 Å². The second kappa shape index (κ2) is 7.31. The lowest BCUT2D eigenvalue weighted by molar-refractivity contribution is -0.116. The summed E-state index contributed by atoms with van der Waals surface area (Å²) in [6.07, 6.45) is 4.13. The lowest BCUT2D eigenvalue weighted by atomic mass is 10.2. The number of hydrogen-bond donors (Lipinski definition) is 0. The molecule has 0 bridgehead atoms. The number of carbonyl (C=O) groups is 1. The van der Waals surface area contributed by atoms with Crippen LogP contribution in [0.4, 0.5) is 4.39 Å². The van der Waals surface area contributed by atoms with Crippen molar-refractivity contribution < 1.29 is 9.18 Å². The Morgan fingerprint density at radius 1 is 1.22 bits per heavy atom. The predicted octanol–water partition coefficient (Wildman–Crippen LogP) is 2.36. The smallest absolute Gasteiger partial charge is 0.133 e. The molecule has 0 aromatic carbocycles. The van der Waals surface area contributed by atoms with Crippen LogP contribution in [0.2, 0.25) is 0 Å². The van der Waals surface area contributed by atoms with Crippen molar-refractivity contribution in [2.75, 3.05) is 33.2 Å². The van der Waals surface area contributed by atoms with E-state index in [1.807, 2.05) is 6.92 Å². The first-order valence-corrected chi connectivity index (χ1v) is 6.46. The van der Waals surface area contributed by atoms with Gasteiger partial charge in [0.05, 0.1) is 0 Å². The molecule has 0 atom stereocenters. The molecule has 0 saturated carbocycles. The Morgan fingerprint density at radius 3 is 2.61 bits per heavy atom. The van der Waals surface area contributed by atoms with Crippen LogP contribution in [0.15, 0.2) is 23.7 Å². The highest BCUT2D eigenvalue weighted by Crippen LogP contribution is 2.12. The minimum absolute atomic E-state index is 0.0207. The molecule has 1 aliphatic rings. The van der Waals surface area contributed by atoms with Gasteiger partial charge >= 0.3 is 0 Å². The van der Waals surface area contributed by atoms with Crippen LogP contribution in [0.5, 0.6) is 0 Å². The number of halogens is 1. The molecule has 0 N–H and O–H groups in total. The summed E-state index contributed by atoms with van der Waals surface area (Å²) in [5.41, 5.74) is 0.933. The lowest BCUT2D eigenvalue weighted by Gasteiger charge is -2.23. The minimum Gasteiger partial charge on any atom is -0.374 e. The van der Waals surface area contributed by atoms with E-state index in [0.29, 0.717) is 0 Å². The Balaban J connectivity index is 2.58. The molecule has 1 saturated heterocycles. The molecule has 0 spiro atoms. The molecular formula is C14H23FN2O. The molecule has 102 valence electrons. The molecule has 3 nitrogen and oxygen atoms in total. The monoisotopic (exact) mass is 254 g/mol. The summed E-state index contributed by atoms with van der Waals surface area (Å²) in [6, 6.07) is 0. The third-order valence-electron chi connectivity index (χ3n) is 3.15. The maximum Gasteiger partial charge on any atom is 0.133 e. The van der Waals surface area contributed by atoms with E-state index in [9.17, 15) is 9.18 Å². The molecule has 0 aromatic heterocycles. The number of hydrogen-bond acceptors (Lipinski definition) is 3. The molecule has 18 heavy (non-hydrogen) atoms. The number of nitrogens with zero attached hydrogens (tertiary/aromatic N) is 2. The van der Waals surface area contributed by atoms with E-state index in [4.69, 9.17) is 0 Å². The summed E-state index contributed by atoms with van der Waals surface area (Å²) in [4.78, 5) is 15.3. The molecule has 1 aliphatic heterocycles. The van der Waals surface area contributed by atoms with Gasteiger partial charge in [-0.3, -0.25) is 4.79 Å². The van der Waals surface area contributed by atoms with Gasteiger partial charge in [0, 0.05) is 31.8 Å². The van der Waals surface area contributed by atoms with Gasteiger partial charge in [-0.05, 0) is 46.0 Å². The summed E-state index contributed by atoms with van der Waals surface area (Å²) in [5, 5.41) is 0. The van der Waals surface area contributed by atoms with Gasteiger partial charge in [0.15, 0.2) is 0 Å². The van der Waals surface area contributed by atoms with Crippen molar-refractivity contribution in [2.24, 2.45) is 0 Å². The first-order chi connectivity index (χ1) is 8.49. The topological polar surface area (TPSA) is 23.6 Å². The van der Waals surface area contributed by atoms with E-state index in [-0.39, 0.29) is 18.0 Å². The average Bonchev–Trinajstić information content (AvgIpc) is 2.51. The number of rotatable bonds is 4. The minimum atomic E-state index is -0.319. The molecule has 1 heterocycles. The van der Waals surface area contributed by atoms with E-state index < -0.39 is 0 Å². The highest BCUT2D eigenvalue weighted by atomic mass is 19.1. The van der Waals surface area contributed by atoms with Crippen molar-refractivity contribution >= 4 is 5.78 Å². The van der Waals surface area contributed by atoms with E-state index in [0.717, 1.165) is 38.3 Å². The SMILES string of the molecule is CC(=O)C/C=C(F)\C=C(/C)N1CCCN(C)CC1. The average molecular weight is 254 g/mol. The third-order valence-corrected chi connectivity index (χ3v) is 3.15. The van der Waals surface area contributed by atoms with Crippen LogP contribution in [-0.2, 0) is 4.79 Å². The van der Waals surface area contributed by atoms with Gasteiger partial charge in [0.25, 0.3) is 0 Å². The van der Waals surface area contributed by atoms with Gasteiger partial charge in [-0.15, -0.1) is 0 Å². The van der Waals surface area contributed by atoms with Gasteiger partial charge in [0.1, 0.15) is 11.6 Å². The van der Waals surface area contributed by atoms with E-state index in [1.54, 1.807) is 0 Å². The number of allylic oxidation sites excluding steroid dienone is 4. The van der Waals surface area contributed by atoms with Crippen LogP contribution in [0.3, 0.4) is 0 Å². The molecule has 0 aromatic rings. The van der Waals surface area contributed by atoms with Crippen molar-refractivity contribution in [1.29, 1.82) is 0 Å². The van der Waals surface area contributed by atoms with Crippen LogP contribution < -0.4 is 0 Å².